The minimum atomic E-state index is -0.220. The largest absolute Gasteiger partial charge is 0.354 e. The second kappa shape index (κ2) is 6.99. The van der Waals surface area contributed by atoms with Crippen LogP contribution in [0.5, 0.6) is 0 Å². The molecule has 1 aliphatic rings. The third kappa shape index (κ3) is 4.15. The highest BCUT2D eigenvalue weighted by Crippen LogP contribution is 2.26. The van der Waals surface area contributed by atoms with E-state index < -0.39 is 0 Å². The van der Waals surface area contributed by atoms with Crippen molar-refractivity contribution in [2.45, 2.75) is 23.5 Å². The number of amides is 2. The van der Waals surface area contributed by atoms with Crippen LogP contribution in [0.4, 0.5) is 0 Å². The van der Waals surface area contributed by atoms with Crippen LogP contribution < -0.4 is 5.32 Å². The van der Waals surface area contributed by atoms with Gasteiger partial charge in [-0.3, -0.25) is 9.59 Å². The minimum absolute atomic E-state index is 0.00185. The van der Waals surface area contributed by atoms with Gasteiger partial charge in [0.25, 0.3) is 0 Å². The highest BCUT2D eigenvalue weighted by Gasteiger charge is 2.24. The summed E-state index contributed by atoms with van der Waals surface area (Å²) < 4.78 is 0. The van der Waals surface area contributed by atoms with Crippen LogP contribution >= 0.6 is 23.4 Å². The molecule has 108 valence electrons. The lowest BCUT2D eigenvalue weighted by atomic mass is 10.3. The quantitative estimate of drug-likeness (QED) is 0.870. The number of nitrogens with one attached hydrogen (secondary N) is 1. The molecule has 0 spiro atoms. The van der Waals surface area contributed by atoms with E-state index in [-0.39, 0.29) is 23.6 Å². The predicted octanol–water partition coefficient (Wildman–Crippen LogP) is 2.17. The zero-order valence-electron chi connectivity index (χ0n) is 11.3. The summed E-state index contributed by atoms with van der Waals surface area (Å²) in [4.78, 5) is 26.5. The van der Waals surface area contributed by atoms with Crippen LogP contribution in [0.15, 0.2) is 29.2 Å². The standard InChI is InChI=1S/C14H17ClN2O2S/c1-10(20-12-5-3-11(15)4-6-12)14(19)17-8-2-7-16-13(18)9-17/h3-6,10H,2,7-9H2,1H3,(H,16,18). The van der Waals surface area contributed by atoms with E-state index in [1.807, 2.05) is 19.1 Å². The number of thioether (sulfide) groups is 1. The van der Waals surface area contributed by atoms with Crippen molar-refractivity contribution in [3.63, 3.8) is 0 Å². The number of carbonyl (C=O) groups excluding carboxylic acids is 2. The Bertz CT molecular complexity index is 492. The predicted molar refractivity (Wildman–Crippen MR) is 81.0 cm³/mol. The van der Waals surface area contributed by atoms with Gasteiger partial charge in [0.1, 0.15) is 0 Å². The van der Waals surface area contributed by atoms with Crippen LogP contribution in [0.25, 0.3) is 0 Å². The van der Waals surface area contributed by atoms with Crippen LogP contribution in [0.3, 0.4) is 0 Å². The zero-order chi connectivity index (χ0) is 14.5. The molecule has 1 aromatic rings. The molecule has 2 rings (SSSR count). The van der Waals surface area contributed by atoms with Gasteiger partial charge in [-0.2, -0.15) is 0 Å². The summed E-state index contributed by atoms with van der Waals surface area (Å²) in [7, 11) is 0. The molecule has 6 heteroatoms. The van der Waals surface area contributed by atoms with Crippen molar-refractivity contribution >= 4 is 35.2 Å². The molecule has 1 aromatic carbocycles. The van der Waals surface area contributed by atoms with Crippen LogP contribution in [0.2, 0.25) is 5.02 Å². The van der Waals surface area contributed by atoms with Crippen LogP contribution in [-0.4, -0.2) is 41.6 Å². The molecule has 1 heterocycles. The molecular weight excluding hydrogens is 296 g/mol. The first-order valence-corrected chi connectivity index (χ1v) is 7.80. The Kier molecular flexibility index (Phi) is 5.31. The highest BCUT2D eigenvalue weighted by atomic mass is 35.5. The lowest BCUT2D eigenvalue weighted by Gasteiger charge is -2.22. The molecule has 0 bridgehead atoms. The van der Waals surface area contributed by atoms with Gasteiger partial charge < -0.3 is 10.2 Å². The SMILES string of the molecule is CC(Sc1ccc(Cl)cc1)C(=O)N1CCCNC(=O)C1. The van der Waals surface area contributed by atoms with Crippen molar-refractivity contribution in [3.05, 3.63) is 29.3 Å². The first-order chi connectivity index (χ1) is 9.56. The average Bonchev–Trinajstić information content (AvgIpc) is 2.65. The fourth-order valence-electron chi connectivity index (χ4n) is 2.02. The van der Waals surface area contributed by atoms with Crippen molar-refractivity contribution < 1.29 is 9.59 Å². The van der Waals surface area contributed by atoms with E-state index in [2.05, 4.69) is 5.32 Å². The summed E-state index contributed by atoms with van der Waals surface area (Å²) in [5.41, 5.74) is 0. The summed E-state index contributed by atoms with van der Waals surface area (Å²) in [5, 5.41) is 3.23. The maximum Gasteiger partial charge on any atom is 0.239 e. The molecule has 1 aliphatic heterocycles. The van der Waals surface area contributed by atoms with Crippen molar-refractivity contribution in [3.8, 4) is 0 Å². The summed E-state index contributed by atoms with van der Waals surface area (Å²) in [6.07, 6.45) is 0.801. The number of hydrogen-bond donors (Lipinski definition) is 1. The molecule has 20 heavy (non-hydrogen) atoms. The zero-order valence-corrected chi connectivity index (χ0v) is 12.8. The first kappa shape index (κ1) is 15.2. The maximum absolute atomic E-state index is 12.4. The Hall–Kier alpha value is -1.20. The fraction of sp³-hybridized carbons (Fsp3) is 0.429. The Balaban J connectivity index is 1.97. The van der Waals surface area contributed by atoms with Crippen molar-refractivity contribution in [1.82, 2.24) is 10.2 Å². The Morgan fingerprint density at radius 3 is 2.80 bits per heavy atom. The van der Waals surface area contributed by atoms with Gasteiger partial charge in [0, 0.05) is 23.0 Å². The number of nitrogens with zero attached hydrogens (tertiary/aromatic N) is 1. The van der Waals surface area contributed by atoms with Crippen molar-refractivity contribution in [2.24, 2.45) is 0 Å². The monoisotopic (exact) mass is 312 g/mol. The van der Waals surface area contributed by atoms with E-state index in [0.717, 1.165) is 11.3 Å². The van der Waals surface area contributed by atoms with E-state index >= 15 is 0 Å². The molecule has 1 unspecified atom stereocenters. The van der Waals surface area contributed by atoms with E-state index in [9.17, 15) is 9.59 Å². The second-order valence-electron chi connectivity index (χ2n) is 4.68. The number of hydrogen-bond acceptors (Lipinski definition) is 3. The van der Waals surface area contributed by atoms with Gasteiger partial charge in [-0.1, -0.05) is 11.6 Å². The van der Waals surface area contributed by atoms with Gasteiger partial charge in [0.05, 0.1) is 11.8 Å². The maximum atomic E-state index is 12.4. The molecule has 1 fully saturated rings. The van der Waals surface area contributed by atoms with Crippen molar-refractivity contribution in [1.29, 1.82) is 0 Å². The van der Waals surface area contributed by atoms with Gasteiger partial charge in [0.15, 0.2) is 0 Å². The first-order valence-electron chi connectivity index (χ1n) is 6.54. The van der Waals surface area contributed by atoms with Gasteiger partial charge in [-0.25, -0.2) is 0 Å². The van der Waals surface area contributed by atoms with Crippen molar-refractivity contribution in [2.75, 3.05) is 19.6 Å². The average molecular weight is 313 g/mol. The summed E-state index contributed by atoms with van der Waals surface area (Å²) in [6, 6.07) is 7.40. The lowest BCUT2D eigenvalue weighted by molar-refractivity contribution is -0.134. The Morgan fingerprint density at radius 1 is 1.40 bits per heavy atom. The number of halogens is 1. The normalized spacial score (nSPS) is 17.3. The molecule has 2 amide bonds. The Morgan fingerprint density at radius 2 is 2.10 bits per heavy atom. The number of rotatable bonds is 3. The molecular formula is C14H17ClN2O2S. The molecule has 1 N–H and O–H groups in total. The van der Waals surface area contributed by atoms with Gasteiger partial charge in [-0.15, -0.1) is 11.8 Å². The number of carbonyl (C=O) groups is 2. The fourth-order valence-corrected chi connectivity index (χ4v) is 3.10. The molecule has 0 saturated carbocycles. The molecule has 1 atom stereocenters. The molecule has 0 aromatic heterocycles. The minimum Gasteiger partial charge on any atom is -0.354 e. The van der Waals surface area contributed by atoms with E-state index in [4.69, 9.17) is 11.6 Å². The van der Waals surface area contributed by atoms with Crippen LogP contribution in [0, 0.1) is 0 Å². The van der Waals surface area contributed by atoms with Crippen LogP contribution in [0.1, 0.15) is 13.3 Å². The van der Waals surface area contributed by atoms with Gasteiger partial charge in [0.2, 0.25) is 11.8 Å². The summed E-state index contributed by atoms with van der Waals surface area (Å²) >= 11 is 7.32. The molecule has 4 nitrogen and oxygen atoms in total. The third-order valence-corrected chi connectivity index (χ3v) is 4.40. The van der Waals surface area contributed by atoms with Crippen LogP contribution in [-0.2, 0) is 9.59 Å². The smallest absolute Gasteiger partial charge is 0.239 e. The molecule has 1 saturated heterocycles. The molecule has 0 radical (unpaired) electrons. The lowest BCUT2D eigenvalue weighted by Crippen LogP contribution is -2.41. The van der Waals surface area contributed by atoms with E-state index in [1.165, 1.54) is 11.8 Å². The van der Waals surface area contributed by atoms with Gasteiger partial charge >= 0.3 is 0 Å². The van der Waals surface area contributed by atoms with Gasteiger partial charge in [-0.05, 0) is 37.6 Å². The molecule has 0 aliphatic carbocycles. The second-order valence-corrected chi connectivity index (χ2v) is 6.53. The number of benzene rings is 1. The third-order valence-electron chi connectivity index (χ3n) is 3.05. The Labute approximate surface area is 127 Å². The highest BCUT2D eigenvalue weighted by molar-refractivity contribution is 8.00. The van der Waals surface area contributed by atoms with E-state index in [0.29, 0.717) is 18.1 Å². The topological polar surface area (TPSA) is 49.4 Å². The summed E-state index contributed by atoms with van der Waals surface area (Å²) in [5.74, 6) is -0.0819. The summed E-state index contributed by atoms with van der Waals surface area (Å²) in [6.45, 7) is 3.29. The van der Waals surface area contributed by atoms with E-state index in [1.54, 1.807) is 17.0 Å².